The Morgan fingerprint density at radius 1 is 1.53 bits per heavy atom. The number of aliphatic hydroxyl groups is 1. The largest absolute Gasteiger partial charge is 0.490 e. The minimum absolute atomic E-state index is 0.321. The number of ether oxygens (including phenoxy) is 2. The topological polar surface area (TPSA) is 56.5 Å². The van der Waals surface area contributed by atoms with Crippen molar-refractivity contribution in [3.8, 4) is 11.5 Å². The molecule has 1 unspecified atom stereocenters. The van der Waals surface area contributed by atoms with Crippen LogP contribution in [-0.2, 0) is 13.2 Å². The fourth-order valence-corrected chi connectivity index (χ4v) is 2.08. The zero-order valence-electron chi connectivity index (χ0n) is 10.7. The summed E-state index contributed by atoms with van der Waals surface area (Å²) in [5, 5.41) is 13.8. The molecule has 3 rings (SSSR count). The average Bonchev–Trinajstić information content (AvgIpc) is 3.03. The number of aliphatic hydroxyl groups excluding tert-OH is 1. The predicted octanol–water partition coefficient (Wildman–Crippen LogP) is 1.91. The van der Waals surface area contributed by atoms with Gasteiger partial charge in [-0.05, 0) is 19.1 Å². The summed E-state index contributed by atoms with van der Waals surface area (Å²) in [5.74, 6) is 1.44. The smallest absolute Gasteiger partial charge is 0.129 e. The minimum Gasteiger partial charge on any atom is -0.490 e. The number of hydrogen-bond donors (Lipinski definition) is 1. The molecule has 2 heterocycles. The van der Waals surface area contributed by atoms with Crippen LogP contribution in [0.1, 0.15) is 24.2 Å². The normalized spacial score (nSPS) is 17.1. The van der Waals surface area contributed by atoms with Crippen LogP contribution in [0.5, 0.6) is 11.5 Å². The van der Waals surface area contributed by atoms with Gasteiger partial charge in [0.05, 0.1) is 6.20 Å². The van der Waals surface area contributed by atoms with Crippen molar-refractivity contribution < 1.29 is 14.6 Å². The lowest BCUT2D eigenvalue weighted by atomic mass is 10.1. The van der Waals surface area contributed by atoms with Crippen molar-refractivity contribution in [2.24, 2.45) is 0 Å². The van der Waals surface area contributed by atoms with Gasteiger partial charge in [0.25, 0.3) is 0 Å². The summed E-state index contributed by atoms with van der Waals surface area (Å²) in [7, 11) is 0. The quantitative estimate of drug-likeness (QED) is 0.912. The van der Waals surface area contributed by atoms with Crippen LogP contribution in [0.2, 0.25) is 0 Å². The first-order chi connectivity index (χ1) is 9.26. The Bertz CT molecular complexity index is 580. The van der Waals surface area contributed by atoms with Crippen LogP contribution in [0.4, 0.5) is 0 Å². The maximum absolute atomic E-state index is 9.63. The van der Waals surface area contributed by atoms with E-state index in [1.54, 1.807) is 6.20 Å². The molecule has 5 nitrogen and oxygen atoms in total. The summed E-state index contributed by atoms with van der Waals surface area (Å²) in [6.45, 7) is 3.69. The molecule has 5 heteroatoms. The second-order valence-electron chi connectivity index (χ2n) is 4.52. The molecule has 0 spiro atoms. The van der Waals surface area contributed by atoms with Crippen LogP contribution >= 0.6 is 0 Å². The first-order valence-corrected chi connectivity index (χ1v) is 6.35. The molecule has 1 aromatic carbocycles. The highest BCUT2D eigenvalue weighted by Gasteiger charge is 2.21. The van der Waals surface area contributed by atoms with E-state index in [4.69, 9.17) is 9.47 Å². The Kier molecular flexibility index (Phi) is 3.13. The Hall–Kier alpha value is -2.01. The summed E-state index contributed by atoms with van der Waals surface area (Å²) < 4.78 is 12.9. The zero-order chi connectivity index (χ0) is 13.2. The highest BCUT2D eigenvalue weighted by atomic mass is 16.5. The third kappa shape index (κ3) is 2.42. The Balaban J connectivity index is 1.67. The molecule has 0 saturated heterocycles. The molecule has 0 aliphatic carbocycles. The molecule has 1 atom stereocenters. The molecule has 1 aliphatic rings. The van der Waals surface area contributed by atoms with Gasteiger partial charge in [-0.2, -0.15) is 5.10 Å². The molecule has 0 bridgehead atoms. The second-order valence-corrected chi connectivity index (χ2v) is 4.52. The van der Waals surface area contributed by atoms with Crippen LogP contribution in [0, 0.1) is 0 Å². The summed E-state index contributed by atoms with van der Waals surface area (Å²) in [6.07, 6.45) is 3.25. The van der Waals surface area contributed by atoms with Gasteiger partial charge in [-0.1, -0.05) is 0 Å². The molecule has 2 aromatic rings. The van der Waals surface area contributed by atoms with E-state index in [9.17, 15) is 5.11 Å². The standard InChI is InChI=1S/C14H16N2O3/c1-2-16-7-10(6-15-16)8-18-11-3-4-12-13(17)9-19-14(12)5-11/h3-7,13,17H,2,8-9H2,1H3. The third-order valence-electron chi connectivity index (χ3n) is 3.16. The van der Waals surface area contributed by atoms with Gasteiger partial charge in [-0.3, -0.25) is 4.68 Å². The monoisotopic (exact) mass is 260 g/mol. The number of rotatable bonds is 4. The SMILES string of the molecule is CCn1cc(COc2ccc3c(c2)OCC3O)cn1. The number of hydrogen-bond acceptors (Lipinski definition) is 4. The maximum Gasteiger partial charge on any atom is 0.129 e. The molecule has 19 heavy (non-hydrogen) atoms. The molecule has 0 saturated carbocycles. The lowest BCUT2D eigenvalue weighted by molar-refractivity contribution is 0.140. The molecule has 100 valence electrons. The molecule has 0 amide bonds. The lowest BCUT2D eigenvalue weighted by Gasteiger charge is -2.06. The van der Waals surface area contributed by atoms with E-state index in [1.165, 1.54) is 0 Å². The van der Waals surface area contributed by atoms with E-state index < -0.39 is 6.10 Å². The Morgan fingerprint density at radius 2 is 2.42 bits per heavy atom. The van der Waals surface area contributed by atoms with Gasteiger partial charge in [0.1, 0.15) is 30.8 Å². The van der Waals surface area contributed by atoms with Crippen molar-refractivity contribution in [1.29, 1.82) is 0 Å². The Morgan fingerprint density at radius 3 is 3.21 bits per heavy atom. The number of aryl methyl sites for hydroxylation is 1. The van der Waals surface area contributed by atoms with Crippen molar-refractivity contribution in [1.82, 2.24) is 9.78 Å². The molecule has 0 radical (unpaired) electrons. The van der Waals surface area contributed by atoms with Gasteiger partial charge in [0.2, 0.25) is 0 Å². The van der Waals surface area contributed by atoms with E-state index in [1.807, 2.05) is 36.0 Å². The fourth-order valence-electron chi connectivity index (χ4n) is 2.08. The summed E-state index contributed by atoms with van der Waals surface area (Å²) in [6, 6.07) is 5.51. The molecular weight excluding hydrogens is 244 g/mol. The van der Waals surface area contributed by atoms with Crippen molar-refractivity contribution in [2.45, 2.75) is 26.2 Å². The van der Waals surface area contributed by atoms with Crippen LogP contribution in [0.25, 0.3) is 0 Å². The van der Waals surface area contributed by atoms with Crippen LogP contribution in [-0.4, -0.2) is 21.5 Å². The average molecular weight is 260 g/mol. The lowest BCUT2D eigenvalue weighted by Crippen LogP contribution is -1.97. The molecule has 1 aromatic heterocycles. The Labute approximate surface area is 111 Å². The molecule has 0 fully saturated rings. The van der Waals surface area contributed by atoms with E-state index in [2.05, 4.69) is 5.10 Å². The number of aromatic nitrogens is 2. The van der Waals surface area contributed by atoms with Crippen molar-refractivity contribution in [3.05, 3.63) is 41.7 Å². The molecular formula is C14H16N2O3. The zero-order valence-corrected chi connectivity index (χ0v) is 10.7. The molecule has 1 aliphatic heterocycles. The van der Waals surface area contributed by atoms with Crippen LogP contribution in [0.3, 0.4) is 0 Å². The number of benzene rings is 1. The highest BCUT2D eigenvalue weighted by molar-refractivity contribution is 5.44. The van der Waals surface area contributed by atoms with E-state index in [0.717, 1.165) is 23.4 Å². The summed E-state index contributed by atoms with van der Waals surface area (Å²) in [4.78, 5) is 0. The van der Waals surface area contributed by atoms with E-state index >= 15 is 0 Å². The van der Waals surface area contributed by atoms with Crippen LogP contribution in [0.15, 0.2) is 30.6 Å². The van der Waals surface area contributed by atoms with Gasteiger partial charge in [-0.15, -0.1) is 0 Å². The summed E-state index contributed by atoms with van der Waals surface area (Å²) >= 11 is 0. The molecule has 1 N–H and O–H groups in total. The second kappa shape index (κ2) is 4.93. The minimum atomic E-state index is -0.521. The first-order valence-electron chi connectivity index (χ1n) is 6.35. The highest BCUT2D eigenvalue weighted by Crippen LogP contribution is 2.35. The van der Waals surface area contributed by atoms with Crippen molar-refractivity contribution >= 4 is 0 Å². The van der Waals surface area contributed by atoms with Gasteiger partial charge >= 0.3 is 0 Å². The number of fused-ring (bicyclic) bond motifs is 1. The summed E-state index contributed by atoms with van der Waals surface area (Å²) in [5.41, 5.74) is 1.86. The third-order valence-corrected chi connectivity index (χ3v) is 3.16. The van der Waals surface area contributed by atoms with Gasteiger partial charge < -0.3 is 14.6 Å². The predicted molar refractivity (Wildman–Crippen MR) is 69.1 cm³/mol. The van der Waals surface area contributed by atoms with Crippen molar-refractivity contribution in [2.75, 3.05) is 6.61 Å². The van der Waals surface area contributed by atoms with Gasteiger partial charge in [-0.25, -0.2) is 0 Å². The van der Waals surface area contributed by atoms with Gasteiger partial charge in [0.15, 0.2) is 0 Å². The van der Waals surface area contributed by atoms with Crippen molar-refractivity contribution in [3.63, 3.8) is 0 Å². The first kappa shape index (κ1) is 12.0. The van der Waals surface area contributed by atoms with E-state index in [0.29, 0.717) is 19.0 Å². The maximum atomic E-state index is 9.63. The van der Waals surface area contributed by atoms with Crippen LogP contribution < -0.4 is 9.47 Å². The fraction of sp³-hybridized carbons (Fsp3) is 0.357. The number of nitrogens with zero attached hydrogens (tertiary/aromatic N) is 2. The van der Waals surface area contributed by atoms with Gasteiger partial charge in [0, 0.05) is 29.9 Å². The van der Waals surface area contributed by atoms with E-state index in [-0.39, 0.29) is 0 Å².